The first-order valence-electron chi connectivity index (χ1n) is 6.62. The summed E-state index contributed by atoms with van der Waals surface area (Å²) in [7, 11) is 0. The van der Waals surface area contributed by atoms with E-state index < -0.39 is 5.97 Å². The molecule has 0 heterocycles. The molecule has 0 aliphatic carbocycles. The Morgan fingerprint density at radius 3 is 2.60 bits per heavy atom. The number of halogens is 1. The summed E-state index contributed by atoms with van der Waals surface area (Å²) in [6, 6.07) is 6.19. The highest BCUT2D eigenvalue weighted by atomic mass is 19.1. The second kappa shape index (κ2) is 7.62. The second-order valence-corrected chi connectivity index (χ2v) is 5.17. The molecule has 0 bridgehead atoms. The summed E-state index contributed by atoms with van der Waals surface area (Å²) in [6.45, 7) is 3.96. The SMILES string of the molecule is CC(CNC(=O)CC(C)c1cccc(F)c1)CC(=O)O. The maximum absolute atomic E-state index is 13.1. The van der Waals surface area contributed by atoms with Crippen molar-refractivity contribution in [3.63, 3.8) is 0 Å². The summed E-state index contributed by atoms with van der Waals surface area (Å²) in [5, 5.41) is 11.3. The molecule has 0 aliphatic heterocycles. The Kier molecular flexibility index (Phi) is 6.15. The van der Waals surface area contributed by atoms with Crippen molar-refractivity contribution in [1.29, 1.82) is 0 Å². The fraction of sp³-hybridized carbons (Fsp3) is 0.467. The van der Waals surface area contributed by atoms with Crippen LogP contribution in [0.3, 0.4) is 0 Å². The smallest absolute Gasteiger partial charge is 0.303 e. The minimum atomic E-state index is -0.875. The van der Waals surface area contributed by atoms with Crippen molar-refractivity contribution in [2.45, 2.75) is 32.6 Å². The first-order valence-corrected chi connectivity index (χ1v) is 6.62. The van der Waals surface area contributed by atoms with E-state index in [4.69, 9.17) is 5.11 Å². The van der Waals surface area contributed by atoms with Crippen molar-refractivity contribution >= 4 is 11.9 Å². The number of carbonyl (C=O) groups is 2. The molecule has 5 heteroatoms. The van der Waals surface area contributed by atoms with Crippen molar-refractivity contribution < 1.29 is 19.1 Å². The van der Waals surface area contributed by atoms with Crippen LogP contribution < -0.4 is 5.32 Å². The first-order chi connectivity index (χ1) is 9.38. The summed E-state index contributed by atoms with van der Waals surface area (Å²) >= 11 is 0. The molecule has 2 atom stereocenters. The molecule has 0 saturated carbocycles. The highest BCUT2D eigenvalue weighted by molar-refractivity contribution is 5.77. The number of hydrogen-bond acceptors (Lipinski definition) is 2. The summed E-state index contributed by atoms with van der Waals surface area (Å²) in [5.74, 6) is -1.54. The quantitative estimate of drug-likeness (QED) is 0.807. The topological polar surface area (TPSA) is 66.4 Å². The highest BCUT2D eigenvalue weighted by Crippen LogP contribution is 2.19. The molecule has 0 aromatic heterocycles. The monoisotopic (exact) mass is 281 g/mol. The zero-order valence-corrected chi connectivity index (χ0v) is 11.7. The van der Waals surface area contributed by atoms with Crippen molar-refractivity contribution in [3.05, 3.63) is 35.6 Å². The van der Waals surface area contributed by atoms with Crippen LogP contribution in [0, 0.1) is 11.7 Å². The van der Waals surface area contributed by atoms with Crippen molar-refractivity contribution in [2.24, 2.45) is 5.92 Å². The average molecular weight is 281 g/mol. The third-order valence-electron chi connectivity index (χ3n) is 3.08. The number of rotatable bonds is 7. The van der Waals surface area contributed by atoms with Crippen molar-refractivity contribution in [3.8, 4) is 0 Å². The molecule has 0 radical (unpaired) electrons. The van der Waals surface area contributed by atoms with Gasteiger partial charge in [0.2, 0.25) is 5.91 Å². The van der Waals surface area contributed by atoms with E-state index in [-0.39, 0.29) is 36.4 Å². The lowest BCUT2D eigenvalue weighted by molar-refractivity contribution is -0.138. The highest BCUT2D eigenvalue weighted by Gasteiger charge is 2.13. The Morgan fingerprint density at radius 2 is 2.00 bits per heavy atom. The molecule has 4 nitrogen and oxygen atoms in total. The van der Waals surface area contributed by atoms with Gasteiger partial charge in [-0.15, -0.1) is 0 Å². The zero-order valence-electron chi connectivity index (χ0n) is 11.7. The Bertz CT molecular complexity index is 476. The summed E-state index contributed by atoms with van der Waals surface area (Å²) in [6.07, 6.45) is 0.281. The van der Waals surface area contributed by atoms with E-state index in [0.29, 0.717) is 6.54 Å². The number of hydrogen-bond donors (Lipinski definition) is 2. The van der Waals surface area contributed by atoms with Gasteiger partial charge in [0.05, 0.1) is 0 Å². The van der Waals surface area contributed by atoms with Crippen LogP contribution >= 0.6 is 0 Å². The van der Waals surface area contributed by atoms with Crippen molar-refractivity contribution in [1.82, 2.24) is 5.32 Å². The van der Waals surface area contributed by atoms with Gasteiger partial charge in [-0.1, -0.05) is 26.0 Å². The van der Waals surface area contributed by atoms with Crippen LogP contribution in [-0.4, -0.2) is 23.5 Å². The average Bonchev–Trinajstić information content (AvgIpc) is 2.35. The van der Waals surface area contributed by atoms with Crippen LogP contribution in [0.15, 0.2) is 24.3 Å². The molecule has 2 N–H and O–H groups in total. The Labute approximate surface area is 118 Å². The summed E-state index contributed by atoms with van der Waals surface area (Å²) in [4.78, 5) is 22.3. The lowest BCUT2D eigenvalue weighted by Crippen LogP contribution is -2.29. The third-order valence-corrected chi connectivity index (χ3v) is 3.08. The minimum absolute atomic E-state index is 0.0275. The maximum Gasteiger partial charge on any atom is 0.303 e. The Balaban J connectivity index is 2.40. The Morgan fingerprint density at radius 1 is 1.30 bits per heavy atom. The van der Waals surface area contributed by atoms with Crippen molar-refractivity contribution in [2.75, 3.05) is 6.54 Å². The van der Waals surface area contributed by atoms with E-state index in [9.17, 15) is 14.0 Å². The van der Waals surface area contributed by atoms with Crippen LogP contribution in [0.4, 0.5) is 4.39 Å². The molecule has 1 rings (SSSR count). The predicted octanol–water partition coefficient (Wildman–Crippen LogP) is 2.55. The van der Waals surface area contributed by atoms with Gasteiger partial charge in [-0.3, -0.25) is 9.59 Å². The van der Waals surface area contributed by atoms with Gasteiger partial charge in [-0.05, 0) is 29.5 Å². The molecule has 20 heavy (non-hydrogen) atoms. The van der Waals surface area contributed by atoms with Gasteiger partial charge in [0.25, 0.3) is 0 Å². The number of carboxylic acids is 1. The van der Waals surface area contributed by atoms with Crippen LogP contribution in [0.1, 0.15) is 38.2 Å². The van der Waals surface area contributed by atoms with Gasteiger partial charge < -0.3 is 10.4 Å². The van der Waals surface area contributed by atoms with Gasteiger partial charge in [-0.25, -0.2) is 4.39 Å². The fourth-order valence-electron chi connectivity index (χ4n) is 1.94. The fourth-order valence-corrected chi connectivity index (χ4v) is 1.94. The third kappa shape index (κ3) is 5.82. The molecule has 2 unspecified atom stereocenters. The number of amides is 1. The summed E-state index contributed by atoms with van der Waals surface area (Å²) < 4.78 is 13.1. The van der Waals surface area contributed by atoms with E-state index in [0.717, 1.165) is 5.56 Å². The maximum atomic E-state index is 13.1. The van der Waals surface area contributed by atoms with E-state index >= 15 is 0 Å². The number of carboxylic acid groups (broad SMARTS) is 1. The summed E-state index contributed by atoms with van der Waals surface area (Å²) in [5.41, 5.74) is 0.777. The molecule has 110 valence electrons. The standard InChI is InChI=1S/C15H20FNO3/c1-10(6-15(19)20)9-17-14(18)7-11(2)12-4-3-5-13(16)8-12/h3-5,8,10-11H,6-7,9H2,1-2H3,(H,17,18)(H,19,20). The zero-order chi connectivity index (χ0) is 15.1. The molecule has 0 saturated heterocycles. The van der Waals surface area contributed by atoms with E-state index in [2.05, 4.69) is 5.32 Å². The number of benzene rings is 1. The molecule has 1 aromatic carbocycles. The minimum Gasteiger partial charge on any atom is -0.481 e. The van der Waals surface area contributed by atoms with Gasteiger partial charge in [0, 0.05) is 19.4 Å². The number of aliphatic carboxylic acids is 1. The molecule has 1 aromatic rings. The van der Waals surface area contributed by atoms with Crippen LogP contribution in [0.5, 0.6) is 0 Å². The van der Waals surface area contributed by atoms with Crippen LogP contribution in [-0.2, 0) is 9.59 Å². The van der Waals surface area contributed by atoms with Gasteiger partial charge >= 0.3 is 5.97 Å². The largest absolute Gasteiger partial charge is 0.481 e. The number of carbonyl (C=O) groups excluding carboxylic acids is 1. The second-order valence-electron chi connectivity index (χ2n) is 5.17. The van der Waals surface area contributed by atoms with Crippen LogP contribution in [0.2, 0.25) is 0 Å². The van der Waals surface area contributed by atoms with Gasteiger partial charge in [0.1, 0.15) is 5.82 Å². The van der Waals surface area contributed by atoms with E-state index in [1.807, 2.05) is 6.92 Å². The lowest BCUT2D eigenvalue weighted by atomic mass is 9.97. The molecular formula is C15H20FNO3. The van der Waals surface area contributed by atoms with Crippen LogP contribution in [0.25, 0.3) is 0 Å². The number of nitrogens with one attached hydrogen (secondary N) is 1. The van der Waals surface area contributed by atoms with Gasteiger partial charge in [0.15, 0.2) is 0 Å². The predicted molar refractivity (Wildman–Crippen MR) is 73.9 cm³/mol. The van der Waals surface area contributed by atoms with E-state index in [1.165, 1.54) is 12.1 Å². The molecule has 0 fully saturated rings. The normalized spacial score (nSPS) is 13.6. The molecular weight excluding hydrogens is 261 g/mol. The molecule has 1 amide bonds. The lowest BCUT2D eigenvalue weighted by Gasteiger charge is -2.14. The first kappa shape index (κ1) is 16.1. The molecule has 0 spiro atoms. The van der Waals surface area contributed by atoms with Gasteiger partial charge in [-0.2, -0.15) is 0 Å². The Hall–Kier alpha value is -1.91. The molecule has 0 aliphatic rings. The van der Waals surface area contributed by atoms with E-state index in [1.54, 1.807) is 19.1 Å².